The smallest absolute Gasteiger partial charge is 0.318 e. The second-order valence-electron chi connectivity index (χ2n) is 6.88. The molecule has 3 heterocycles. The molecular weight excluding hydrogens is 463 g/mol. The fourth-order valence-corrected chi connectivity index (χ4v) is 3.79. The molecule has 0 fully saturated rings. The summed E-state index contributed by atoms with van der Waals surface area (Å²) >= 11 is 11.9. The molecule has 0 radical (unpaired) electrons. The van der Waals surface area contributed by atoms with Crippen molar-refractivity contribution in [1.29, 1.82) is 0 Å². The van der Waals surface area contributed by atoms with E-state index in [1.807, 2.05) is 0 Å². The second kappa shape index (κ2) is 8.57. The molecule has 0 saturated carbocycles. The van der Waals surface area contributed by atoms with E-state index in [2.05, 4.69) is 4.99 Å². The van der Waals surface area contributed by atoms with Gasteiger partial charge in [0, 0.05) is 18.3 Å². The number of aromatic nitrogens is 2. The predicted octanol–water partition coefficient (Wildman–Crippen LogP) is 4.46. The fraction of sp³-hybridized carbons (Fsp3) is 0.0455. The van der Waals surface area contributed by atoms with Crippen molar-refractivity contribution in [3.63, 3.8) is 0 Å². The average molecular weight is 476 g/mol. The molecule has 10 heteroatoms. The topological polar surface area (TPSA) is 76.1 Å². The Balaban J connectivity index is 1.77. The third-order valence-corrected chi connectivity index (χ3v) is 5.26. The maximum Gasteiger partial charge on any atom is 0.318 e. The Hall–Kier alpha value is -3.49. The summed E-state index contributed by atoms with van der Waals surface area (Å²) in [6.45, 7) is 0. The van der Waals surface area contributed by atoms with Crippen LogP contribution in [0.4, 0.5) is 8.78 Å². The maximum absolute atomic E-state index is 13.9. The molecule has 162 valence electrons. The number of hydrogen-bond acceptors (Lipinski definition) is 3. The van der Waals surface area contributed by atoms with Gasteiger partial charge < -0.3 is 9.61 Å². The van der Waals surface area contributed by atoms with Crippen molar-refractivity contribution in [2.75, 3.05) is 0 Å². The number of nitrogens with zero attached hydrogens (tertiary/aromatic N) is 3. The summed E-state index contributed by atoms with van der Waals surface area (Å²) in [4.78, 5) is 29.2. The van der Waals surface area contributed by atoms with Crippen molar-refractivity contribution in [3.8, 4) is 0 Å². The molecule has 0 bridgehead atoms. The van der Waals surface area contributed by atoms with Crippen molar-refractivity contribution < 1.29 is 23.6 Å². The Morgan fingerprint density at radius 2 is 1.62 bits per heavy atom. The van der Waals surface area contributed by atoms with Gasteiger partial charge in [0.1, 0.15) is 17.0 Å². The highest BCUT2D eigenvalue weighted by molar-refractivity contribution is 6.45. The summed E-state index contributed by atoms with van der Waals surface area (Å²) < 4.78 is 29.3. The summed E-state index contributed by atoms with van der Waals surface area (Å²) in [6.07, 6.45) is 3.84. The van der Waals surface area contributed by atoms with Crippen LogP contribution in [0, 0.1) is 11.6 Å². The number of pyridine rings is 2. The second-order valence-corrected chi connectivity index (χ2v) is 7.70. The summed E-state index contributed by atoms with van der Waals surface area (Å²) in [5.41, 5.74) is 1.45. The van der Waals surface area contributed by atoms with Gasteiger partial charge in [-0.05, 0) is 35.9 Å². The molecule has 32 heavy (non-hydrogen) atoms. The minimum absolute atomic E-state index is 0.0595. The number of fused-ring (bicyclic) bond motifs is 1. The summed E-state index contributed by atoms with van der Waals surface area (Å²) in [5.74, 6) is -3.14. The lowest BCUT2D eigenvalue weighted by Gasteiger charge is -2.03. The van der Waals surface area contributed by atoms with E-state index >= 15 is 0 Å². The summed E-state index contributed by atoms with van der Waals surface area (Å²) in [5, 5.41) is 8.94. The minimum atomic E-state index is -1.17. The van der Waals surface area contributed by atoms with E-state index in [4.69, 9.17) is 23.2 Å². The highest BCUT2D eigenvalue weighted by atomic mass is 35.5. The van der Waals surface area contributed by atoms with Crippen molar-refractivity contribution in [1.82, 2.24) is 9.13 Å². The average Bonchev–Trinajstić information content (AvgIpc) is 3.08. The van der Waals surface area contributed by atoms with Gasteiger partial charge in [-0.1, -0.05) is 35.3 Å². The normalized spacial score (nSPS) is 11.0. The number of rotatable bonds is 4. The van der Waals surface area contributed by atoms with E-state index in [1.54, 1.807) is 16.5 Å². The number of ketones is 1. The van der Waals surface area contributed by atoms with E-state index in [9.17, 15) is 23.6 Å². The quantitative estimate of drug-likeness (QED) is 0.269. The highest BCUT2D eigenvalue weighted by Gasteiger charge is 2.22. The van der Waals surface area contributed by atoms with E-state index in [0.717, 1.165) is 24.0 Å². The number of hydrogen-bond donors (Lipinski definition) is 1. The molecule has 0 unspecified atom stereocenters. The Morgan fingerprint density at radius 3 is 2.28 bits per heavy atom. The largest absolute Gasteiger partial charge is 0.429 e. The van der Waals surface area contributed by atoms with Gasteiger partial charge in [-0.3, -0.25) is 9.59 Å². The van der Waals surface area contributed by atoms with Crippen LogP contribution in [-0.2, 0) is 11.2 Å². The molecule has 0 aliphatic carbocycles. The molecule has 3 aromatic heterocycles. The van der Waals surface area contributed by atoms with Crippen LogP contribution in [0.3, 0.4) is 0 Å². The van der Waals surface area contributed by atoms with E-state index < -0.39 is 17.5 Å². The summed E-state index contributed by atoms with van der Waals surface area (Å²) in [6, 6.07) is 9.61. The molecule has 0 aliphatic rings. The van der Waals surface area contributed by atoms with Crippen LogP contribution in [0.2, 0.25) is 10.0 Å². The first-order chi connectivity index (χ1) is 15.2. The lowest BCUT2D eigenvalue weighted by molar-refractivity contribution is -0.114. The van der Waals surface area contributed by atoms with Gasteiger partial charge in [0.25, 0.3) is 5.78 Å². The predicted molar refractivity (Wildman–Crippen MR) is 113 cm³/mol. The monoisotopic (exact) mass is 475 g/mol. The van der Waals surface area contributed by atoms with Crippen molar-refractivity contribution in [2.24, 2.45) is 4.99 Å². The zero-order valence-electron chi connectivity index (χ0n) is 16.1. The first-order valence-electron chi connectivity index (χ1n) is 9.17. The molecule has 1 N–H and O–H groups in total. The zero-order valence-corrected chi connectivity index (χ0v) is 17.6. The first kappa shape index (κ1) is 21.7. The van der Waals surface area contributed by atoms with Gasteiger partial charge in [-0.25, -0.2) is 13.8 Å². The SMILES string of the molecule is O=C(N=c1c(Cl)cn(O)cc1Cl)C(=O)c1cc(Cc2ccc(F)cc2)n2ccc(F)cc12. The van der Waals surface area contributed by atoms with Crippen LogP contribution in [0.1, 0.15) is 21.6 Å². The number of carbonyl (C=O) groups is 2. The standard InChI is InChI=1S/C22H13Cl2F2N3O3/c23-17-10-28(32)11-18(24)20(17)27-22(31)21(30)16-9-15(7-12-1-3-13(25)4-2-12)29-6-5-14(26)8-19(16)29/h1-6,8-11,32H,7H2. The molecule has 0 atom stereocenters. The Morgan fingerprint density at radius 1 is 0.969 bits per heavy atom. The van der Waals surface area contributed by atoms with Crippen LogP contribution in [0.25, 0.3) is 5.52 Å². The van der Waals surface area contributed by atoms with Gasteiger partial charge in [-0.15, -0.1) is 0 Å². The number of Topliss-reactive ketones (excluding diaryl/α,β-unsaturated/α-hetero) is 1. The van der Waals surface area contributed by atoms with E-state index in [0.29, 0.717) is 16.8 Å². The first-order valence-corrected chi connectivity index (χ1v) is 9.92. The van der Waals surface area contributed by atoms with E-state index in [1.165, 1.54) is 30.5 Å². The van der Waals surface area contributed by atoms with Gasteiger partial charge in [0.15, 0.2) is 0 Å². The molecular formula is C22H13Cl2F2N3O3. The third-order valence-electron chi connectivity index (χ3n) is 4.71. The highest BCUT2D eigenvalue weighted by Crippen LogP contribution is 2.22. The van der Waals surface area contributed by atoms with Crippen molar-refractivity contribution >= 4 is 40.4 Å². The zero-order chi connectivity index (χ0) is 23.0. The Kier molecular flexibility index (Phi) is 5.82. The number of carbonyl (C=O) groups excluding carboxylic acids is 2. The molecule has 0 spiro atoms. The molecule has 1 aromatic carbocycles. The van der Waals surface area contributed by atoms with Crippen LogP contribution >= 0.6 is 23.2 Å². The van der Waals surface area contributed by atoms with Crippen LogP contribution in [-0.4, -0.2) is 26.0 Å². The molecule has 0 saturated heterocycles. The van der Waals surface area contributed by atoms with Crippen molar-refractivity contribution in [2.45, 2.75) is 6.42 Å². The van der Waals surface area contributed by atoms with Gasteiger partial charge in [-0.2, -0.15) is 4.73 Å². The summed E-state index contributed by atoms with van der Waals surface area (Å²) in [7, 11) is 0. The van der Waals surface area contributed by atoms with Crippen LogP contribution in [0.15, 0.2) is 66.0 Å². The molecule has 4 rings (SSSR count). The molecule has 4 aromatic rings. The van der Waals surface area contributed by atoms with Crippen LogP contribution < -0.4 is 5.36 Å². The lowest BCUT2D eigenvalue weighted by Crippen LogP contribution is -2.18. The van der Waals surface area contributed by atoms with Crippen LogP contribution in [0.5, 0.6) is 0 Å². The Labute approximate surface area is 189 Å². The maximum atomic E-state index is 13.9. The number of halogens is 4. The third kappa shape index (κ3) is 4.28. The van der Waals surface area contributed by atoms with E-state index in [-0.39, 0.29) is 32.3 Å². The minimum Gasteiger partial charge on any atom is -0.429 e. The number of benzene rings is 1. The lowest BCUT2D eigenvalue weighted by atomic mass is 10.1. The van der Waals surface area contributed by atoms with Gasteiger partial charge in [0.05, 0.1) is 33.5 Å². The van der Waals surface area contributed by atoms with Crippen molar-refractivity contribution in [3.05, 3.63) is 105 Å². The van der Waals surface area contributed by atoms with Gasteiger partial charge >= 0.3 is 5.91 Å². The van der Waals surface area contributed by atoms with Gasteiger partial charge in [0.2, 0.25) is 0 Å². The number of amides is 1. The molecule has 6 nitrogen and oxygen atoms in total. The fourth-order valence-electron chi connectivity index (χ4n) is 3.25. The molecule has 1 amide bonds. The molecule has 0 aliphatic heterocycles. The Bertz CT molecular complexity index is 1420.